The number of benzene rings is 2. The summed E-state index contributed by atoms with van der Waals surface area (Å²) in [6, 6.07) is 16.8. The van der Waals surface area contributed by atoms with Crippen molar-refractivity contribution in [3.05, 3.63) is 76.9 Å². The van der Waals surface area contributed by atoms with Gasteiger partial charge in [0.1, 0.15) is 5.25 Å². The smallest absolute Gasteiger partial charge is 0.244 e. The third-order valence-electron chi connectivity index (χ3n) is 5.03. The molecule has 3 aromatic rings. The summed E-state index contributed by atoms with van der Waals surface area (Å²) in [5, 5.41) is 4.16. The minimum Gasteiger partial charge on any atom is -0.338 e. The van der Waals surface area contributed by atoms with Crippen LogP contribution in [0.2, 0.25) is 0 Å². The Labute approximate surface area is 158 Å². The molecule has 1 saturated carbocycles. The van der Waals surface area contributed by atoms with E-state index < -0.39 is 5.54 Å². The van der Waals surface area contributed by atoms with Gasteiger partial charge in [-0.15, -0.1) is 11.8 Å². The second-order valence-corrected chi connectivity index (χ2v) is 8.29. The summed E-state index contributed by atoms with van der Waals surface area (Å²) in [7, 11) is 0. The molecule has 2 aromatic carbocycles. The molecule has 0 radical (unpaired) electrons. The first-order chi connectivity index (χ1) is 12.5. The highest BCUT2D eigenvalue weighted by Gasteiger charge is 2.39. The highest BCUT2D eigenvalue weighted by atomic mass is 32.2. The first-order valence-electron chi connectivity index (χ1n) is 8.97. The third kappa shape index (κ3) is 3.29. The zero-order valence-corrected chi connectivity index (χ0v) is 15.9. The molecule has 1 aromatic heterocycles. The number of thioether (sulfide) groups is 1. The molecule has 2 N–H and O–H groups in total. The van der Waals surface area contributed by atoms with Crippen LogP contribution < -0.4 is 5.73 Å². The van der Waals surface area contributed by atoms with Crippen molar-refractivity contribution in [2.75, 3.05) is 0 Å². The summed E-state index contributed by atoms with van der Waals surface area (Å²) in [6.07, 6.45) is 2.97. The van der Waals surface area contributed by atoms with Crippen LogP contribution in [-0.2, 0) is 5.54 Å². The van der Waals surface area contributed by atoms with E-state index in [1.54, 1.807) is 11.8 Å². The Morgan fingerprint density at radius 1 is 1.12 bits per heavy atom. The van der Waals surface area contributed by atoms with Crippen LogP contribution in [0.15, 0.2) is 57.9 Å². The Morgan fingerprint density at radius 2 is 1.88 bits per heavy atom. The van der Waals surface area contributed by atoms with E-state index in [1.165, 1.54) is 16.0 Å². The van der Waals surface area contributed by atoms with E-state index in [1.807, 2.05) is 18.2 Å². The summed E-state index contributed by atoms with van der Waals surface area (Å²) >= 11 is 1.74. The second kappa shape index (κ2) is 6.89. The standard InChI is InChI=1S/C21H23N3OS/c1-14-9-10-17(15(2)13-14)26-18(16-7-4-3-5-8-16)19-23-20(24-25-19)21(22)11-6-12-21/h3-5,7-10,13,18H,6,11-12,22H2,1-2H3. The lowest BCUT2D eigenvalue weighted by Crippen LogP contribution is -2.44. The zero-order chi connectivity index (χ0) is 18.1. The molecule has 134 valence electrons. The minimum absolute atomic E-state index is 0.0532. The molecule has 1 aliphatic rings. The summed E-state index contributed by atoms with van der Waals surface area (Å²) in [5.41, 5.74) is 9.63. The van der Waals surface area contributed by atoms with E-state index >= 15 is 0 Å². The van der Waals surface area contributed by atoms with Crippen LogP contribution in [0.5, 0.6) is 0 Å². The van der Waals surface area contributed by atoms with Gasteiger partial charge < -0.3 is 10.3 Å². The number of hydrogen-bond donors (Lipinski definition) is 1. The molecule has 1 aliphatic carbocycles. The van der Waals surface area contributed by atoms with Crippen LogP contribution >= 0.6 is 11.8 Å². The molecule has 5 heteroatoms. The van der Waals surface area contributed by atoms with E-state index in [9.17, 15) is 0 Å². The van der Waals surface area contributed by atoms with Gasteiger partial charge in [-0.25, -0.2) is 0 Å². The van der Waals surface area contributed by atoms with Crippen LogP contribution in [0.1, 0.15) is 52.9 Å². The first-order valence-corrected chi connectivity index (χ1v) is 9.85. The molecule has 4 nitrogen and oxygen atoms in total. The summed E-state index contributed by atoms with van der Waals surface area (Å²) < 4.78 is 5.68. The molecular weight excluding hydrogens is 342 g/mol. The Balaban J connectivity index is 1.70. The number of nitrogens with two attached hydrogens (primary N) is 1. The van der Waals surface area contributed by atoms with Crippen molar-refractivity contribution in [2.45, 2.75) is 48.8 Å². The van der Waals surface area contributed by atoms with Gasteiger partial charge in [0, 0.05) is 4.90 Å². The third-order valence-corrected chi connectivity index (χ3v) is 6.46. The topological polar surface area (TPSA) is 64.9 Å². The van der Waals surface area contributed by atoms with Crippen molar-refractivity contribution in [3.63, 3.8) is 0 Å². The monoisotopic (exact) mass is 365 g/mol. The summed E-state index contributed by atoms with van der Waals surface area (Å²) in [6.45, 7) is 4.25. The van der Waals surface area contributed by atoms with E-state index in [2.05, 4.69) is 49.3 Å². The van der Waals surface area contributed by atoms with Crippen LogP contribution in [-0.4, -0.2) is 10.1 Å². The predicted molar refractivity (Wildman–Crippen MR) is 104 cm³/mol. The lowest BCUT2D eigenvalue weighted by atomic mass is 9.77. The first kappa shape index (κ1) is 17.3. The highest BCUT2D eigenvalue weighted by Crippen LogP contribution is 2.43. The fourth-order valence-electron chi connectivity index (χ4n) is 3.27. The quantitative estimate of drug-likeness (QED) is 0.651. The summed E-state index contributed by atoms with van der Waals surface area (Å²) in [5.74, 6) is 1.26. The maximum atomic E-state index is 6.38. The molecule has 0 spiro atoms. The maximum absolute atomic E-state index is 6.38. The number of aryl methyl sites for hydroxylation is 2. The molecule has 0 amide bonds. The van der Waals surface area contributed by atoms with E-state index in [4.69, 9.17) is 15.2 Å². The van der Waals surface area contributed by atoms with Gasteiger partial charge in [-0.2, -0.15) is 4.98 Å². The molecular formula is C21H23N3OS. The Hall–Kier alpha value is -2.11. The van der Waals surface area contributed by atoms with Gasteiger partial charge in [0.2, 0.25) is 5.89 Å². The van der Waals surface area contributed by atoms with Crippen LogP contribution in [0, 0.1) is 13.8 Å². The van der Waals surface area contributed by atoms with E-state index in [0.717, 1.165) is 24.8 Å². The largest absolute Gasteiger partial charge is 0.338 e. The van der Waals surface area contributed by atoms with Gasteiger partial charge >= 0.3 is 0 Å². The number of rotatable bonds is 5. The van der Waals surface area contributed by atoms with Crippen molar-refractivity contribution in [1.29, 1.82) is 0 Å². The molecule has 1 heterocycles. The van der Waals surface area contributed by atoms with Gasteiger partial charge in [-0.3, -0.25) is 0 Å². The number of aromatic nitrogens is 2. The lowest BCUT2D eigenvalue weighted by molar-refractivity contribution is 0.229. The minimum atomic E-state index is -0.409. The van der Waals surface area contributed by atoms with Crippen LogP contribution in [0.25, 0.3) is 0 Å². The second-order valence-electron chi connectivity index (χ2n) is 7.14. The van der Waals surface area contributed by atoms with E-state index in [-0.39, 0.29) is 5.25 Å². The fourth-order valence-corrected chi connectivity index (χ4v) is 4.41. The maximum Gasteiger partial charge on any atom is 0.244 e. The van der Waals surface area contributed by atoms with Crippen molar-refractivity contribution >= 4 is 11.8 Å². The Kier molecular flexibility index (Phi) is 4.59. The van der Waals surface area contributed by atoms with Crippen LogP contribution in [0.3, 0.4) is 0 Å². The van der Waals surface area contributed by atoms with Crippen molar-refractivity contribution in [3.8, 4) is 0 Å². The highest BCUT2D eigenvalue weighted by molar-refractivity contribution is 7.99. The normalized spacial score (nSPS) is 16.9. The van der Waals surface area contributed by atoms with Gasteiger partial charge in [-0.1, -0.05) is 53.2 Å². The van der Waals surface area contributed by atoms with Gasteiger partial charge in [0.15, 0.2) is 5.82 Å². The number of hydrogen-bond acceptors (Lipinski definition) is 5. The van der Waals surface area contributed by atoms with Crippen molar-refractivity contribution in [1.82, 2.24) is 10.1 Å². The van der Waals surface area contributed by atoms with Gasteiger partial charge in [-0.05, 0) is 50.3 Å². The summed E-state index contributed by atoms with van der Waals surface area (Å²) in [4.78, 5) is 5.92. The Morgan fingerprint density at radius 3 is 2.54 bits per heavy atom. The average molecular weight is 366 g/mol. The average Bonchev–Trinajstić information content (AvgIpc) is 3.10. The molecule has 1 atom stereocenters. The zero-order valence-electron chi connectivity index (χ0n) is 15.1. The van der Waals surface area contributed by atoms with Gasteiger partial charge in [0.05, 0.1) is 5.54 Å². The van der Waals surface area contributed by atoms with Crippen molar-refractivity contribution < 1.29 is 4.52 Å². The Bertz CT molecular complexity index is 903. The molecule has 1 fully saturated rings. The van der Waals surface area contributed by atoms with E-state index in [0.29, 0.717) is 11.7 Å². The SMILES string of the molecule is Cc1ccc(SC(c2ccccc2)c2nc(C3(N)CCC3)no2)c(C)c1. The number of nitrogens with zero attached hydrogens (tertiary/aromatic N) is 2. The van der Waals surface area contributed by atoms with Crippen LogP contribution in [0.4, 0.5) is 0 Å². The molecule has 4 rings (SSSR count). The van der Waals surface area contributed by atoms with Gasteiger partial charge in [0.25, 0.3) is 0 Å². The molecule has 0 aliphatic heterocycles. The lowest BCUT2D eigenvalue weighted by Gasteiger charge is -2.34. The molecule has 0 saturated heterocycles. The molecule has 0 bridgehead atoms. The molecule has 1 unspecified atom stereocenters. The molecule has 26 heavy (non-hydrogen) atoms. The van der Waals surface area contributed by atoms with Crippen molar-refractivity contribution in [2.24, 2.45) is 5.73 Å². The predicted octanol–water partition coefficient (Wildman–Crippen LogP) is 4.91. The fraction of sp³-hybridized carbons (Fsp3) is 0.333.